The van der Waals surface area contributed by atoms with Gasteiger partial charge in [0.25, 0.3) is 0 Å². The predicted octanol–water partition coefficient (Wildman–Crippen LogP) is 2.78. The monoisotopic (exact) mass is 229 g/mol. The summed E-state index contributed by atoms with van der Waals surface area (Å²) in [5.41, 5.74) is 4.82. The van der Waals surface area contributed by atoms with Crippen molar-refractivity contribution in [2.45, 2.75) is 13.8 Å². The second-order valence-electron chi connectivity index (χ2n) is 3.82. The molecule has 1 aromatic carbocycles. The van der Waals surface area contributed by atoms with Gasteiger partial charge in [-0.25, -0.2) is 10.8 Å². The van der Waals surface area contributed by atoms with E-state index in [1.54, 1.807) is 18.3 Å². The highest BCUT2D eigenvalue weighted by molar-refractivity contribution is 5.44. The van der Waals surface area contributed by atoms with Crippen molar-refractivity contribution in [3.8, 4) is 11.5 Å². The summed E-state index contributed by atoms with van der Waals surface area (Å²) in [6, 6.07) is 9.52. The molecule has 0 radical (unpaired) electrons. The number of nitrogen functional groups attached to an aromatic ring is 1. The molecule has 0 fully saturated rings. The smallest absolute Gasteiger partial charge is 0.143 e. The predicted molar refractivity (Wildman–Crippen MR) is 68.0 cm³/mol. The number of rotatable bonds is 3. The number of nitrogens with one attached hydrogen (secondary N) is 1. The minimum atomic E-state index is 0.577. The van der Waals surface area contributed by atoms with E-state index >= 15 is 0 Å². The van der Waals surface area contributed by atoms with Crippen LogP contribution in [0.3, 0.4) is 0 Å². The number of hydrazine groups is 1. The van der Waals surface area contributed by atoms with Crippen LogP contribution >= 0.6 is 0 Å². The topological polar surface area (TPSA) is 60.2 Å². The molecular formula is C13H15N3O. The molecule has 1 aromatic heterocycles. The average Bonchev–Trinajstić information content (AvgIpc) is 2.35. The first-order valence-electron chi connectivity index (χ1n) is 5.37. The number of aromatic nitrogens is 1. The van der Waals surface area contributed by atoms with Crippen LogP contribution in [-0.4, -0.2) is 4.98 Å². The van der Waals surface area contributed by atoms with Crippen LogP contribution in [0, 0.1) is 13.8 Å². The molecular weight excluding hydrogens is 214 g/mol. The zero-order chi connectivity index (χ0) is 12.3. The molecule has 0 saturated carbocycles. The normalized spacial score (nSPS) is 10.1. The van der Waals surface area contributed by atoms with Crippen molar-refractivity contribution in [1.82, 2.24) is 4.98 Å². The second-order valence-corrected chi connectivity index (χ2v) is 3.82. The zero-order valence-corrected chi connectivity index (χ0v) is 9.90. The first-order chi connectivity index (χ1) is 8.20. The fourth-order valence-corrected chi connectivity index (χ4v) is 1.52. The molecule has 1 heterocycles. The van der Waals surface area contributed by atoms with Crippen LogP contribution in [0.4, 0.5) is 5.82 Å². The van der Waals surface area contributed by atoms with Crippen molar-refractivity contribution in [2.75, 3.05) is 5.43 Å². The first-order valence-corrected chi connectivity index (χ1v) is 5.37. The molecule has 2 rings (SSSR count). The molecule has 17 heavy (non-hydrogen) atoms. The van der Waals surface area contributed by atoms with Gasteiger partial charge in [-0.15, -0.1) is 0 Å². The standard InChI is InChI=1S/C13H15N3O/c1-9-4-3-5-12(10(9)2)17-11-6-7-15-13(8-11)16-14/h3-8H,14H2,1-2H3,(H,15,16). The van der Waals surface area contributed by atoms with Gasteiger partial charge in [0.05, 0.1) is 0 Å². The molecule has 0 aliphatic carbocycles. The van der Waals surface area contributed by atoms with E-state index < -0.39 is 0 Å². The number of benzene rings is 1. The minimum absolute atomic E-state index is 0.577. The molecule has 4 nitrogen and oxygen atoms in total. The van der Waals surface area contributed by atoms with Crippen molar-refractivity contribution >= 4 is 5.82 Å². The van der Waals surface area contributed by atoms with Crippen molar-refractivity contribution in [1.29, 1.82) is 0 Å². The number of hydrogen-bond acceptors (Lipinski definition) is 4. The van der Waals surface area contributed by atoms with Gasteiger partial charge in [-0.1, -0.05) is 12.1 Å². The van der Waals surface area contributed by atoms with E-state index in [4.69, 9.17) is 10.6 Å². The van der Waals surface area contributed by atoms with Crippen LogP contribution in [0.2, 0.25) is 0 Å². The van der Waals surface area contributed by atoms with Crippen molar-refractivity contribution in [2.24, 2.45) is 5.84 Å². The highest BCUT2D eigenvalue weighted by Crippen LogP contribution is 2.27. The summed E-state index contributed by atoms with van der Waals surface area (Å²) in [7, 11) is 0. The van der Waals surface area contributed by atoms with E-state index in [0.29, 0.717) is 11.6 Å². The van der Waals surface area contributed by atoms with Crippen LogP contribution in [0.15, 0.2) is 36.5 Å². The molecule has 4 heteroatoms. The van der Waals surface area contributed by atoms with E-state index in [-0.39, 0.29) is 0 Å². The van der Waals surface area contributed by atoms with Gasteiger partial charge in [0.1, 0.15) is 17.3 Å². The number of nitrogens with zero attached hydrogens (tertiary/aromatic N) is 1. The number of nitrogens with two attached hydrogens (primary N) is 1. The number of ether oxygens (including phenoxy) is 1. The molecule has 0 amide bonds. The maximum atomic E-state index is 5.80. The summed E-state index contributed by atoms with van der Waals surface area (Å²) in [6.45, 7) is 4.09. The van der Waals surface area contributed by atoms with Crippen molar-refractivity contribution in [3.63, 3.8) is 0 Å². The molecule has 0 unspecified atom stereocenters. The second kappa shape index (κ2) is 4.84. The largest absolute Gasteiger partial charge is 0.457 e. The van der Waals surface area contributed by atoms with E-state index in [1.807, 2.05) is 19.1 Å². The van der Waals surface area contributed by atoms with Crippen LogP contribution in [0.1, 0.15) is 11.1 Å². The van der Waals surface area contributed by atoms with E-state index in [0.717, 1.165) is 11.3 Å². The van der Waals surface area contributed by atoms with Gasteiger partial charge in [-0.2, -0.15) is 0 Å². The Kier molecular flexibility index (Phi) is 3.25. The molecule has 0 saturated heterocycles. The minimum Gasteiger partial charge on any atom is -0.457 e. The van der Waals surface area contributed by atoms with E-state index in [9.17, 15) is 0 Å². The third kappa shape index (κ3) is 2.54. The maximum Gasteiger partial charge on any atom is 0.143 e. The molecule has 0 aliphatic rings. The van der Waals surface area contributed by atoms with E-state index in [2.05, 4.69) is 23.4 Å². The summed E-state index contributed by atoms with van der Waals surface area (Å²) in [6.07, 6.45) is 1.65. The summed E-state index contributed by atoms with van der Waals surface area (Å²) >= 11 is 0. The molecule has 2 aromatic rings. The van der Waals surface area contributed by atoms with Gasteiger partial charge in [-0.05, 0) is 37.1 Å². The molecule has 3 N–H and O–H groups in total. The third-order valence-electron chi connectivity index (χ3n) is 2.66. The quantitative estimate of drug-likeness (QED) is 0.627. The van der Waals surface area contributed by atoms with E-state index in [1.165, 1.54) is 5.56 Å². The van der Waals surface area contributed by atoms with Gasteiger partial charge in [-0.3, -0.25) is 0 Å². The fourth-order valence-electron chi connectivity index (χ4n) is 1.52. The Morgan fingerprint density at radius 3 is 2.82 bits per heavy atom. The number of anilines is 1. The molecule has 0 aliphatic heterocycles. The number of pyridine rings is 1. The molecule has 0 bridgehead atoms. The molecule has 88 valence electrons. The summed E-state index contributed by atoms with van der Waals surface area (Å²) in [5.74, 6) is 7.43. The fraction of sp³-hybridized carbons (Fsp3) is 0.154. The summed E-state index contributed by atoms with van der Waals surface area (Å²) < 4.78 is 5.80. The van der Waals surface area contributed by atoms with Crippen molar-refractivity contribution < 1.29 is 4.74 Å². The Balaban J connectivity index is 2.28. The van der Waals surface area contributed by atoms with Crippen LogP contribution in [-0.2, 0) is 0 Å². The van der Waals surface area contributed by atoms with Gasteiger partial charge < -0.3 is 10.2 Å². The van der Waals surface area contributed by atoms with Gasteiger partial charge in [0, 0.05) is 12.3 Å². The first kappa shape index (κ1) is 11.4. The molecule has 0 spiro atoms. The van der Waals surface area contributed by atoms with Crippen LogP contribution in [0.25, 0.3) is 0 Å². The Hall–Kier alpha value is -2.07. The number of hydrogen-bond donors (Lipinski definition) is 2. The zero-order valence-electron chi connectivity index (χ0n) is 9.90. The van der Waals surface area contributed by atoms with Crippen molar-refractivity contribution in [3.05, 3.63) is 47.7 Å². The SMILES string of the molecule is Cc1cccc(Oc2ccnc(NN)c2)c1C. The Bertz CT molecular complexity index is 526. The summed E-state index contributed by atoms with van der Waals surface area (Å²) in [5, 5.41) is 0. The summed E-state index contributed by atoms with van der Waals surface area (Å²) in [4.78, 5) is 4.02. The lowest BCUT2D eigenvalue weighted by Gasteiger charge is -2.10. The van der Waals surface area contributed by atoms with Gasteiger partial charge in [0.15, 0.2) is 0 Å². The highest BCUT2D eigenvalue weighted by Gasteiger charge is 2.04. The van der Waals surface area contributed by atoms with Gasteiger partial charge in [0.2, 0.25) is 0 Å². The lowest BCUT2D eigenvalue weighted by Crippen LogP contribution is -2.08. The van der Waals surface area contributed by atoms with Crippen LogP contribution in [0.5, 0.6) is 11.5 Å². The average molecular weight is 229 g/mol. The maximum absolute atomic E-state index is 5.80. The Morgan fingerprint density at radius 1 is 1.24 bits per heavy atom. The van der Waals surface area contributed by atoms with Crippen LogP contribution < -0.4 is 16.0 Å². The highest BCUT2D eigenvalue weighted by atomic mass is 16.5. The lowest BCUT2D eigenvalue weighted by atomic mass is 10.1. The third-order valence-corrected chi connectivity index (χ3v) is 2.66. The Morgan fingerprint density at radius 2 is 2.06 bits per heavy atom. The Labute approximate surface area is 100 Å². The van der Waals surface area contributed by atoms with Gasteiger partial charge >= 0.3 is 0 Å². The number of aryl methyl sites for hydroxylation is 1. The lowest BCUT2D eigenvalue weighted by molar-refractivity contribution is 0.478. The molecule has 0 atom stereocenters.